The van der Waals surface area contributed by atoms with Crippen LogP contribution in [0.4, 0.5) is 17.1 Å². The van der Waals surface area contributed by atoms with Gasteiger partial charge in [-0.2, -0.15) is 0 Å². The number of non-ortho nitro benzene ring substituents is 2. The van der Waals surface area contributed by atoms with E-state index in [4.69, 9.17) is 21.7 Å². The Morgan fingerprint density at radius 3 is 2.14 bits per heavy atom. The molecule has 0 saturated carbocycles. The Bertz CT molecular complexity index is 1390. The smallest absolute Gasteiger partial charge is 0.270 e. The number of rotatable bonds is 8. The van der Waals surface area contributed by atoms with Crippen LogP contribution < -0.4 is 14.4 Å². The highest BCUT2D eigenvalue weighted by Crippen LogP contribution is 2.37. The molecule has 0 aliphatic carbocycles. The number of nitro groups is 2. The van der Waals surface area contributed by atoms with Gasteiger partial charge >= 0.3 is 0 Å². The monoisotopic (exact) mass is 523 g/mol. The third-order valence-corrected chi connectivity index (χ3v) is 6.44. The molecular weight excluding hydrogens is 506 g/mol. The van der Waals surface area contributed by atoms with Crippen LogP contribution in [-0.4, -0.2) is 27.2 Å². The zero-order chi connectivity index (χ0) is 25.8. The van der Waals surface area contributed by atoms with Gasteiger partial charge in [0.15, 0.2) is 15.8 Å². The Labute approximate surface area is 214 Å². The number of ether oxygens (including phenoxy) is 2. The van der Waals surface area contributed by atoms with E-state index < -0.39 is 9.85 Å². The van der Waals surface area contributed by atoms with Crippen LogP contribution in [0.5, 0.6) is 11.5 Å². The summed E-state index contributed by atoms with van der Waals surface area (Å²) in [6.45, 7) is 0.182. The first kappa shape index (κ1) is 24.8. The van der Waals surface area contributed by atoms with Crippen LogP contribution in [0.1, 0.15) is 11.1 Å². The van der Waals surface area contributed by atoms with Crippen molar-refractivity contribution in [3.63, 3.8) is 0 Å². The second-order valence-corrected chi connectivity index (χ2v) is 9.09. The van der Waals surface area contributed by atoms with E-state index in [-0.39, 0.29) is 23.9 Å². The molecule has 1 amide bonds. The van der Waals surface area contributed by atoms with Crippen molar-refractivity contribution in [2.75, 3.05) is 12.0 Å². The van der Waals surface area contributed by atoms with Gasteiger partial charge in [0.1, 0.15) is 6.61 Å². The molecule has 1 aliphatic rings. The van der Waals surface area contributed by atoms with Gasteiger partial charge in [-0.15, -0.1) is 0 Å². The molecule has 0 aromatic heterocycles. The topological polar surface area (TPSA) is 125 Å². The average Bonchev–Trinajstić information content (AvgIpc) is 3.15. The Kier molecular flexibility index (Phi) is 7.27. The number of carbonyl (C=O) groups excluding carboxylic acids is 1. The molecule has 4 rings (SSSR count). The van der Waals surface area contributed by atoms with E-state index in [2.05, 4.69) is 0 Å². The van der Waals surface area contributed by atoms with Crippen LogP contribution in [0.3, 0.4) is 0 Å². The SMILES string of the molecule is COc1cc(/C=C2/SC(=S)N(c3ccc([N+](=O)[O-])cc3)C2=O)ccc1OCc1ccc([N+](=O)[O-])cc1. The minimum Gasteiger partial charge on any atom is -0.493 e. The number of benzene rings is 3. The van der Waals surface area contributed by atoms with E-state index in [0.29, 0.717) is 32.0 Å². The molecule has 182 valence electrons. The number of thiocarbonyl (C=S) groups is 1. The first-order valence-electron chi connectivity index (χ1n) is 10.3. The summed E-state index contributed by atoms with van der Waals surface area (Å²) in [6.07, 6.45) is 1.67. The van der Waals surface area contributed by atoms with Crippen molar-refractivity contribution in [3.8, 4) is 11.5 Å². The van der Waals surface area contributed by atoms with Gasteiger partial charge < -0.3 is 9.47 Å². The van der Waals surface area contributed by atoms with Crippen LogP contribution in [0.15, 0.2) is 71.6 Å². The molecule has 1 aliphatic heterocycles. The number of nitro benzene ring substituents is 2. The third-order valence-electron chi connectivity index (χ3n) is 5.14. The first-order valence-corrected chi connectivity index (χ1v) is 11.6. The Morgan fingerprint density at radius 1 is 0.944 bits per heavy atom. The maximum Gasteiger partial charge on any atom is 0.270 e. The van der Waals surface area contributed by atoms with Crippen molar-refractivity contribution in [2.45, 2.75) is 6.61 Å². The van der Waals surface area contributed by atoms with Gasteiger partial charge in [0, 0.05) is 24.3 Å². The lowest BCUT2D eigenvalue weighted by atomic mass is 10.1. The number of thioether (sulfide) groups is 1. The molecule has 1 fully saturated rings. The zero-order valence-corrected chi connectivity index (χ0v) is 20.3. The molecule has 3 aromatic rings. The average molecular weight is 524 g/mol. The lowest BCUT2D eigenvalue weighted by Crippen LogP contribution is -2.27. The molecule has 1 heterocycles. The van der Waals surface area contributed by atoms with E-state index >= 15 is 0 Å². The number of hydrogen-bond acceptors (Lipinski definition) is 9. The van der Waals surface area contributed by atoms with Gasteiger partial charge in [-0.3, -0.25) is 29.9 Å². The Balaban J connectivity index is 1.49. The van der Waals surface area contributed by atoms with Crippen molar-refractivity contribution in [1.29, 1.82) is 0 Å². The minimum absolute atomic E-state index is 0.000300. The lowest BCUT2D eigenvalue weighted by molar-refractivity contribution is -0.385. The second-order valence-electron chi connectivity index (χ2n) is 7.41. The number of amides is 1. The number of anilines is 1. The van der Waals surface area contributed by atoms with Crippen LogP contribution in [0.25, 0.3) is 6.08 Å². The highest BCUT2D eigenvalue weighted by molar-refractivity contribution is 8.27. The van der Waals surface area contributed by atoms with Gasteiger partial charge in [-0.1, -0.05) is 30.0 Å². The number of nitrogens with zero attached hydrogens (tertiary/aromatic N) is 3. The number of carbonyl (C=O) groups is 1. The van der Waals surface area contributed by atoms with Crippen LogP contribution >= 0.6 is 24.0 Å². The van der Waals surface area contributed by atoms with Gasteiger partial charge in [0.2, 0.25) is 0 Å². The normalized spacial score (nSPS) is 14.2. The molecule has 10 nitrogen and oxygen atoms in total. The van der Waals surface area contributed by atoms with Gasteiger partial charge in [0.05, 0.1) is 27.5 Å². The highest BCUT2D eigenvalue weighted by Gasteiger charge is 2.33. The predicted molar refractivity (Wildman–Crippen MR) is 139 cm³/mol. The minimum atomic E-state index is -0.513. The Morgan fingerprint density at radius 2 is 1.56 bits per heavy atom. The summed E-state index contributed by atoms with van der Waals surface area (Å²) in [5.74, 6) is 0.569. The third kappa shape index (κ3) is 5.34. The molecule has 0 radical (unpaired) electrons. The fraction of sp³-hybridized carbons (Fsp3) is 0.0833. The molecule has 0 bridgehead atoms. The largest absolute Gasteiger partial charge is 0.493 e. The van der Waals surface area contributed by atoms with E-state index in [1.807, 2.05) is 0 Å². The summed E-state index contributed by atoms with van der Waals surface area (Å²) >= 11 is 6.49. The summed E-state index contributed by atoms with van der Waals surface area (Å²) in [5, 5.41) is 21.7. The fourth-order valence-electron chi connectivity index (χ4n) is 3.33. The van der Waals surface area contributed by atoms with Crippen molar-refractivity contribution < 1.29 is 24.1 Å². The van der Waals surface area contributed by atoms with Gasteiger partial charge in [-0.25, -0.2) is 0 Å². The van der Waals surface area contributed by atoms with Crippen molar-refractivity contribution in [1.82, 2.24) is 0 Å². The summed E-state index contributed by atoms with van der Waals surface area (Å²) in [5.41, 5.74) is 1.79. The van der Waals surface area contributed by atoms with Crippen molar-refractivity contribution in [2.24, 2.45) is 0 Å². The lowest BCUT2D eigenvalue weighted by Gasteiger charge is -2.14. The first-order chi connectivity index (χ1) is 17.3. The fourth-order valence-corrected chi connectivity index (χ4v) is 4.63. The standard InChI is InChI=1S/C24H17N3O7S2/c1-33-21-12-16(4-11-20(21)34-14-15-2-5-18(6-3-15)26(29)30)13-22-23(28)25(24(35)36-22)17-7-9-19(10-8-17)27(31)32/h2-13H,14H2,1H3/b22-13+. The van der Waals surface area contributed by atoms with E-state index in [1.54, 1.807) is 36.4 Å². The number of hydrogen-bond donors (Lipinski definition) is 0. The van der Waals surface area contributed by atoms with Crippen molar-refractivity contribution >= 4 is 57.3 Å². The quantitative estimate of drug-likeness (QED) is 0.163. The van der Waals surface area contributed by atoms with Crippen LogP contribution in [0.2, 0.25) is 0 Å². The molecule has 3 aromatic carbocycles. The molecule has 0 spiro atoms. The summed E-state index contributed by atoms with van der Waals surface area (Å²) in [6, 6.07) is 16.8. The Hall–Kier alpha value is -4.29. The highest BCUT2D eigenvalue weighted by atomic mass is 32.2. The maximum atomic E-state index is 13.0. The molecule has 0 unspecified atom stereocenters. The summed E-state index contributed by atoms with van der Waals surface area (Å²) in [7, 11) is 1.49. The zero-order valence-electron chi connectivity index (χ0n) is 18.7. The molecule has 0 N–H and O–H groups in total. The van der Waals surface area contributed by atoms with Crippen LogP contribution in [0, 0.1) is 20.2 Å². The van der Waals surface area contributed by atoms with E-state index in [1.165, 1.54) is 48.4 Å². The van der Waals surface area contributed by atoms with Gasteiger partial charge in [-0.05, 0) is 53.6 Å². The predicted octanol–water partition coefficient (Wildman–Crippen LogP) is 5.50. The van der Waals surface area contributed by atoms with Crippen molar-refractivity contribution in [3.05, 3.63) is 103 Å². The molecular formula is C24H17N3O7S2. The molecule has 0 atom stereocenters. The molecule has 12 heteroatoms. The van der Waals surface area contributed by atoms with E-state index in [0.717, 1.165) is 17.3 Å². The number of methoxy groups -OCH3 is 1. The molecule has 1 saturated heterocycles. The maximum absolute atomic E-state index is 13.0. The molecule has 36 heavy (non-hydrogen) atoms. The second kappa shape index (κ2) is 10.5. The summed E-state index contributed by atoms with van der Waals surface area (Å²) in [4.78, 5) is 35.4. The van der Waals surface area contributed by atoms with E-state index in [9.17, 15) is 25.0 Å². The summed E-state index contributed by atoms with van der Waals surface area (Å²) < 4.78 is 11.6. The van der Waals surface area contributed by atoms with Crippen LogP contribution in [-0.2, 0) is 11.4 Å². The van der Waals surface area contributed by atoms with Gasteiger partial charge in [0.25, 0.3) is 17.3 Å².